The summed E-state index contributed by atoms with van der Waals surface area (Å²) < 4.78 is 83.2. The monoisotopic (exact) mass is 407 g/mol. The van der Waals surface area contributed by atoms with Gasteiger partial charge < -0.3 is 18.9 Å². The van der Waals surface area contributed by atoms with E-state index in [-0.39, 0.29) is 27.8 Å². The molecule has 0 bridgehead atoms. The van der Waals surface area contributed by atoms with Crippen molar-refractivity contribution in [1.82, 2.24) is 0 Å². The Kier molecular flexibility index (Phi) is 5.94. The van der Waals surface area contributed by atoms with Crippen molar-refractivity contribution in [3.05, 3.63) is 36.4 Å². The molecule has 0 unspecified atom stereocenters. The number of methoxy groups -OCH3 is 3. The minimum Gasteiger partial charge on any atom is -0.493 e. The Morgan fingerprint density at radius 3 is 1.93 bits per heavy atom. The normalized spacial score (nSPS) is 11.6. The van der Waals surface area contributed by atoms with Crippen LogP contribution in [0, 0.1) is 0 Å². The summed E-state index contributed by atoms with van der Waals surface area (Å²) in [6, 6.07) is 6.87. The van der Waals surface area contributed by atoms with Crippen LogP contribution >= 0.6 is 0 Å². The number of benzene rings is 2. The van der Waals surface area contributed by atoms with Gasteiger partial charge in [-0.3, -0.25) is 4.72 Å². The number of anilines is 1. The number of ether oxygens (including phenoxy) is 4. The molecule has 1 N–H and O–H groups in total. The van der Waals surface area contributed by atoms with E-state index in [4.69, 9.17) is 14.2 Å². The van der Waals surface area contributed by atoms with Crippen molar-refractivity contribution in [3.8, 4) is 23.0 Å². The van der Waals surface area contributed by atoms with Crippen LogP contribution in [0.25, 0.3) is 0 Å². The second-order valence-corrected chi connectivity index (χ2v) is 6.66. The van der Waals surface area contributed by atoms with E-state index in [1.807, 2.05) is 0 Å². The molecule has 7 nitrogen and oxygen atoms in total. The zero-order chi connectivity index (χ0) is 20.2. The highest BCUT2D eigenvalue weighted by Gasteiger charge is 2.31. The summed E-state index contributed by atoms with van der Waals surface area (Å²) in [5, 5.41) is 0. The van der Waals surface area contributed by atoms with Gasteiger partial charge in [-0.25, -0.2) is 8.42 Å². The highest BCUT2D eigenvalue weighted by atomic mass is 32.2. The van der Waals surface area contributed by atoms with Crippen LogP contribution in [0.3, 0.4) is 0 Å². The predicted octanol–water partition coefficient (Wildman–Crippen LogP) is 3.41. The average Bonchev–Trinajstić information content (AvgIpc) is 2.60. The Morgan fingerprint density at radius 2 is 1.44 bits per heavy atom. The van der Waals surface area contributed by atoms with Crippen LogP contribution in [0.4, 0.5) is 18.9 Å². The van der Waals surface area contributed by atoms with Crippen LogP contribution in [0.5, 0.6) is 23.0 Å². The zero-order valence-electron chi connectivity index (χ0n) is 14.5. The maximum atomic E-state index is 12.7. The van der Waals surface area contributed by atoms with Gasteiger partial charge in [0.2, 0.25) is 5.75 Å². The van der Waals surface area contributed by atoms with E-state index in [2.05, 4.69) is 9.46 Å². The van der Waals surface area contributed by atoms with Crippen molar-refractivity contribution in [3.63, 3.8) is 0 Å². The molecule has 0 amide bonds. The van der Waals surface area contributed by atoms with Crippen molar-refractivity contribution in [2.75, 3.05) is 26.1 Å². The molecular formula is C16H16F3NO6S. The predicted molar refractivity (Wildman–Crippen MR) is 90.0 cm³/mol. The molecule has 0 atom stereocenters. The van der Waals surface area contributed by atoms with Crippen LogP contribution in [-0.2, 0) is 10.0 Å². The number of alkyl halides is 3. The number of hydrogen-bond donors (Lipinski definition) is 1. The van der Waals surface area contributed by atoms with E-state index >= 15 is 0 Å². The van der Waals surface area contributed by atoms with Gasteiger partial charge in [-0.05, 0) is 36.4 Å². The fourth-order valence-corrected chi connectivity index (χ4v) is 3.44. The van der Waals surface area contributed by atoms with Crippen LogP contribution in [-0.4, -0.2) is 36.1 Å². The lowest BCUT2D eigenvalue weighted by atomic mass is 10.3. The SMILES string of the molecule is COc1ccc(S(=O)(=O)Nc2ccc(OC(F)(F)F)cc2)c(OC)c1OC. The van der Waals surface area contributed by atoms with E-state index in [1.165, 1.54) is 33.5 Å². The fraction of sp³-hybridized carbons (Fsp3) is 0.250. The van der Waals surface area contributed by atoms with Crippen LogP contribution < -0.4 is 23.7 Å². The summed E-state index contributed by atoms with van der Waals surface area (Å²) in [4.78, 5) is -0.238. The Balaban J connectivity index is 2.34. The maximum absolute atomic E-state index is 12.7. The summed E-state index contributed by atoms with van der Waals surface area (Å²) in [7, 11) is -0.166. The molecule has 0 radical (unpaired) electrons. The van der Waals surface area contributed by atoms with Gasteiger partial charge in [-0.1, -0.05) is 0 Å². The summed E-state index contributed by atoms with van der Waals surface area (Å²) in [6.45, 7) is 0. The van der Waals surface area contributed by atoms with Gasteiger partial charge in [0.15, 0.2) is 11.5 Å². The summed E-state index contributed by atoms with van der Waals surface area (Å²) in [5.41, 5.74) is 0.0290. The molecule has 11 heteroatoms. The minimum atomic E-state index is -4.84. The zero-order valence-corrected chi connectivity index (χ0v) is 15.3. The molecule has 27 heavy (non-hydrogen) atoms. The van der Waals surface area contributed by atoms with Gasteiger partial charge >= 0.3 is 6.36 Å². The Hall–Kier alpha value is -2.82. The van der Waals surface area contributed by atoms with Gasteiger partial charge in [0, 0.05) is 5.69 Å². The first kappa shape index (κ1) is 20.5. The van der Waals surface area contributed by atoms with Crippen LogP contribution in [0.2, 0.25) is 0 Å². The molecule has 0 aliphatic rings. The average molecular weight is 407 g/mol. The first-order valence-electron chi connectivity index (χ1n) is 7.29. The molecule has 0 fully saturated rings. The number of sulfonamides is 1. The molecule has 2 aromatic carbocycles. The van der Waals surface area contributed by atoms with Crippen LogP contribution in [0.1, 0.15) is 0 Å². The van der Waals surface area contributed by atoms with Gasteiger partial charge in [-0.15, -0.1) is 13.2 Å². The molecule has 0 spiro atoms. The molecule has 148 valence electrons. The second-order valence-electron chi connectivity index (χ2n) is 5.01. The third-order valence-electron chi connectivity index (χ3n) is 3.30. The van der Waals surface area contributed by atoms with Gasteiger partial charge in [0.05, 0.1) is 21.3 Å². The molecule has 0 saturated heterocycles. The molecule has 0 saturated carbocycles. The molecule has 0 aliphatic heterocycles. The van der Waals surface area contributed by atoms with Crippen molar-refractivity contribution >= 4 is 15.7 Å². The third-order valence-corrected chi connectivity index (χ3v) is 4.70. The second kappa shape index (κ2) is 7.82. The first-order valence-corrected chi connectivity index (χ1v) is 8.77. The van der Waals surface area contributed by atoms with Gasteiger partial charge in [0.25, 0.3) is 10.0 Å². The maximum Gasteiger partial charge on any atom is 0.573 e. The number of rotatable bonds is 7. The van der Waals surface area contributed by atoms with Crippen molar-refractivity contribution in [2.24, 2.45) is 0 Å². The lowest BCUT2D eigenvalue weighted by molar-refractivity contribution is -0.274. The van der Waals surface area contributed by atoms with E-state index in [9.17, 15) is 21.6 Å². The summed E-state index contributed by atoms with van der Waals surface area (Å²) in [6.07, 6.45) is -4.84. The molecule has 0 aliphatic carbocycles. The van der Waals surface area contributed by atoms with Crippen molar-refractivity contribution in [1.29, 1.82) is 0 Å². The van der Waals surface area contributed by atoms with E-state index in [1.54, 1.807) is 0 Å². The van der Waals surface area contributed by atoms with Crippen molar-refractivity contribution in [2.45, 2.75) is 11.3 Å². The Bertz CT molecular complexity index is 898. The summed E-state index contributed by atoms with van der Waals surface area (Å²) >= 11 is 0. The highest BCUT2D eigenvalue weighted by Crippen LogP contribution is 2.42. The largest absolute Gasteiger partial charge is 0.573 e. The molecule has 2 aromatic rings. The standard InChI is InChI=1S/C16H16F3NO6S/c1-23-12-8-9-13(15(25-3)14(12)24-2)27(21,22)20-10-4-6-11(7-5-10)26-16(17,18)19/h4-9,20H,1-3H3. The Labute approximate surface area is 153 Å². The van der Waals surface area contributed by atoms with Gasteiger partial charge in [-0.2, -0.15) is 0 Å². The number of nitrogens with one attached hydrogen (secondary N) is 1. The fourth-order valence-electron chi connectivity index (χ4n) is 2.22. The molecule has 0 heterocycles. The summed E-state index contributed by atoms with van der Waals surface area (Å²) in [5.74, 6) is -0.214. The minimum absolute atomic E-state index is 0.0290. The third kappa shape index (κ3) is 4.88. The molecule has 2 rings (SSSR count). The number of hydrogen-bond acceptors (Lipinski definition) is 6. The number of halogens is 3. The quantitative estimate of drug-likeness (QED) is 0.758. The molecular weight excluding hydrogens is 391 g/mol. The van der Waals surface area contributed by atoms with E-state index in [0.717, 1.165) is 24.3 Å². The van der Waals surface area contributed by atoms with E-state index < -0.39 is 22.1 Å². The van der Waals surface area contributed by atoms with E-state index in [0.29, 0.717) is 0 Å². The molecule has 0 aromatic heterocycles. The lowest BCUT2D eigenvalue weighted by Gasteiger charge is -2.16. The highest BCUT2D eigenvalue weighted by molar-refractivity contribution is 7.92. The first-order chi connectivity index (χ1) is 12.6. The van der Waals surface area contributed by atoms with Crippen LogP contribution in [0.15, 0.2) is 41.3 Å². The smallest absolute Gasteiger partial charge is 0.493 e. The van der Waals surface area contributed by atoms with Gasteiger partial charge in [0.1, 0.15) is 10.6 Å². The Morgan fingerprint density at radius 1 is 0.852 bits per heavy atom. The lowest BCUT2D eigenvalue weighted by Crippen LogP contribution is -2.17. The van der Waals surface area contributed by atoms with Crippen molar-refractivity contribution < 1.29 is 40.5 Å². The topological polar surface area (TPSA) is 83.1 Å².